The Morgan fingerprint density at radius 2 is 2.15 bits per heavy atom. The molecule has 1 aliphatic heterocycles. The average Bonchev–Trinajstić information content (AvgIpc) is 2.11. The molecule has 1 aliphatic rings. The summed E-state index contributed by atoms with van der Waals surface area (Å²) in [4.78, 5) is 3.73. The first kappa shape index (κ1) is 10.5. The Morgan fingerprint density at radius 3 is 2.69 bits per heavy atom. The van der Waals surface area contributed by atoms with Crippen LogP contribution in [0.3, 0.4) is 0 Å². The van der Waals surface area contributed by atoms with Crippen molar-refractivity contribution in [2.75, 3.05) is 0 Å². The maximum absolute atomic E-state index is 13.3. The van der Waals surface area contributed by atoms with E-state index in [0.29, 0.717) is 5.57 Å². The van der Waals surface area contributed by atoms with Crippen molar-refractivity contribution in [2.45, 2.75) is 25.5 Å². The lowest BCUT2D eigenvalue weighted by atomic mass is 10.0. The molecule has 72 valence electrons. The fourth-order valence-electron chi connectivity index (χ4n) is 1.06. The van der Waals surface area contributed by atoms with Crippen LogP contribution >= 0.6 is 12.6 Å². The molecule has 1 unspecified atom stereocenters. The van der Waals surface area contributed by atoms with Crippen molar-refractivity contribution in [3.05, 3.63) is 23.7 Å². The number of nitrogens with zero attached hydrogens (tertiary/aromatic N) is 1. The first-order valence-corrected chi connectivity index (χ1v) is 4.73. The Hall–Kier alpha value is -0.570. The van der Waals surface area contributed by atoms with E-state index in [-0.39, 0.29) is 5.92 Å². The molecule has 3 heteroatoms. The van der Waals surface area contributed by atoms with Gasteiger partial charge in [0.05, 0.1) is 4.75 Å². The van der Waals surface area contributed by atoms with Gasteiger partial charge in [0.15, 0.2) is 0 Å². The molecule has 13 heavy (non-hydrogen) atoms. The lowest BCUT2D eigenvalue weighted by molar-refractivity contribution is 0.595. The summed E-state index contributed by atoms with van der Waals surface area (Å²) in [5.41, 5.74) is 0.633. The summed E-state index contributed by atoms with van der Waals surface area (Å²) >= 11 is 4.31. The summed E-state index contributed by atoms with van der Waals surface area (Å²) in [6.07, 6.45) is 5.12. The van der Waals surface area contributed by atoms with E-state index in [2.05, 4.69) is 17.6 Å². The third kappa shape index (κ3) is 2.69. The highest BCUT2D eigenvalue weighted by atomic mass is 32.1. The monoisotopic (exact) mass is 199 g/mol. The molecule has 1 rings (SSSR count). The molecule has 0 radical (unpaired) electrons. The van der Waals surface area contributed by atoms with Crippen molar-refractivity contribution in [1.82, 2.24) is 0 Å². The van der Waals surface area contributed by atoms with Crippen LogP contribution < -0.4 is 0 Å². The molecule has 0 saturated carbocycles. The molecule has 1 atom stereocenters. The SMILES string of the molecule is CC(C)C1=C(F)N=CC(C)(S)C=C1. The Morgan fingerprint density at radius 1 is 1.54 bits per heavy atom. The topological polar surface area (TPSA) is 12.4 Å². The van der Waals surface area contributed by atoms with E-state index < -0.39 is 10.7 Å². The van der Waals surface area contributed by atoms with E-state index in [1.54, 1.807) is 6.08 Å². The van der Waals surface area contributed by atoms with Crippen molar-refractivity contribution in [1.29, 1.82) is 0 Å². The van der Waals surface area contributed by atoms with Gasteiger partial charge in [-0.25, -0.2) is 4.99 Å². The number of aliphatic imine (C=N–C) groups is 1. The molecule has 0 aromatic carbocycles. The fourth-order valence-corrected chi connectivity index (χ4v) is 1.20. The fraction of sp³-hybridized carbons (Fsp3) is 0.500. The van der Waals surface area contributed by atoms with Crippen molar-refractivity contribution in [3.63, 3.8) is 0 Å². The van der Waals surface area contributed by atoms with Crippen LogP contribution in [0, 0.1) is 5.92 Å². The number of thiol groups is 1. The van der Waals surface area contributed by atoms with Crippen molar-refractivity contribution in [2.24, 2.45) is 10.9 Å². The van der Waals surface area contributed by atoms with Gasteiger partial charge in [-0.05, 0) is 12.8 Å². The van der Waals surface area contributed by atoms with Gasteiger partial charge < -0.3 is 0 Å². The van der Waals surface area contributed by atoms with Gasteiger partial charge in [0, 0.05) is 11.8 Å². The zero-order chi connectivity index (χ0) is 10.1. The van der Waals surface area contributed by atoms with Crippen molar-refractivity contribution < 1.29 is 4.39 Å². The molecule has 0 aromatic rings. The highest BCUT2D eigenvalue weighted by Gasteiger charge is 2.17. The normalized spacial score (nSPS) is 28.5. The van der Waals surface area contributed by atoms with Crippen LogP contribution in [0.5, 0.6) is 0 Å². The van der Waals surface area contributed by atoms with Crippen LogP contribution in [0.15, 0.2) is 28.7 Å². The molecule has 0 spiro atoms. The maximum atomic E-state index is 13.3. The number of halogens is 1. The van der Waals surface area contributed by atoms with Gasteiger partial charge in [-0.15, -0.1) is 0 Å². The minimum Gasteiger partial charge on any atom is -0.231 e. The van der Waals surface area contributed by atoms with E-state index in [1.807, 2.05) is 26.8 Å². The van der Waals surface area contributed by atoms with Crippen molar-refractivity contribution in [3.8, 4) is 0 Å². The molecular weight excluding hydrogens is 185 g/mol. The quantitative estimate of drug-likeness (QED) is 0.492. The molecule has 1 heterocycles. The summed E-state index contributed by atoms with van der Waals surface area (Å²) in [5.74, 6) is -0.250. The molecule has 0 amide bonds. The lowest BCUT2D eigenvalue weighted by Gasteiger charge is -2.10. The van der Waals surface area contributed by atoms with Crippen LogP contribution in [0.4, 0.5) is 4.39 Å². The predicted octanol–water partition coefficient (Wildman–Crippen LogP) is 3.15. The summed E-state index contributed by atoms with van der Waals surface area (Å²) in [5, 5.41) is 0. The van der Waals surface area contributed by atoms with Gasteiger partial charge in [-0.2, -0.15) is 17.0 Å². The third-order valence-electron chi connectivity index (χ3n) is 1.90. The molecular formula is C10H14FNS. The largest absolute Gasteiger partial charge is 0.231 e. The van der Waals surface area contributed by atoms with Gasteiger partial charge in [0.25, 0.3) is 0 Å². The van der Waals surface area contributed by atoms with Gasteiger partial charge in [0.1, 0.15) is 0 Å². The second-order valence-electron chi connectivity index (χ2n) is 3.72. The molecule has 0 aromatic heterocycles. The van der Waals surface area contributed by atoms with Crippen LogP contribution in [0.25, 0.3) is 0 Å². The second-order valence-corrected chi connectivity index (χ2v) is 4.68. The Balaban J connectivity index is 3.05. The van der Waals surface area contributed by atoms with E-state index in [9.17, 15) is 4.39 Å². The zero-order valence-electron chi connectivity index (χ0n) is 8.08. The maximum Gasteiger partial charge on any atom is 0.216 e. The van der Waals surface area contributed by atoms with E-state index >= 15 is 0 Å². The minimum absolute atomic E-state index is 0.149. The molecule has 0 saturated heterocycles. The highest BCUT2D eigenvalue weighted by Crippen LogP contribution is 2.25. The number of rotatable bonds is 1. The molecule has 0 aliphatic carbocycles. The van der Waals surface area contributed by atoms with Gasteiger partial charge in [-0.3, -0.25) is 0 Å². The van der Waals surface area contributed by atoms with Crippen LogP contribution in [-0.4, -0.2) is 11.0 Å². The Labute approximate surface area is 83.9 Å². The number of hydrogen-bond acceptors (Lipinski definition) is 2. The van der Waals surface area contributed by atoms with E-state index in [0.717, 1.165) is 0 Å². The summed E-state index contributed by atoms with van der Waals surface area (Å²) in [6, 6.07) is 0. The van der Waals surface area contributed by atoms with Gasteiger partial charge in [0.2, 0.25) is 5.95 Å². The second kappa shape index (κ2) is 3.66. The first-order chi connectivity index (χ1) is 5.92. The highest BCUT2D eigenvalue weighted by molar-refractivity contribution is 7.82. The predicted molar refractivity (Wildman–Crippen MR) is 58.0 cm³/mol. The zero-order valence-corrected chi connectivity index (χ0v) is 8.98. The Kier molecular flexibility index (Phi) is 2.96. The van der Waals surface area contributed by atoms with Crippen LogP contribution in [-0.2, 0) is 0 Å². The van der Waals surface area contributed by atoms with Crippen LogP contribution in [0.2, 0.25) is 0 Å². The standard InChI is InChI=1S/C10H14FNS/c1-7(2)8-4-5-10(3,13)6-12-9(8)11/h4-7,13H,1-3H3. The summed E-state index contributed by atoms with van der Waals surface area (Å²) in [7, 11) is 0. The average molecular weight is 199 g/mol. The Bertz CT molecular complexity index is 287. The van der Waals surface area contributed by atoms with E-state index in [4.69, 9.17) is 0 Å². The van der Waals surface area contributed by atoms with E-state index in [1.165, 1.54) is 6.21 Å². The molecule has 0 fully saturated rings. The summed E-state index contributed by atoms with van der Waals surface area (Å²) < 4.78 is 12.8. The summed E-state index contributed by atoms with van der Waals surface area (Å²) in [6.45, 7) is 5.75. The van der Waals surface area contributed by atoms with Crippen molar-refractivity contribution >= 4 is 18.8 Å². The minimum atomic E-state index is -0.450. The number of hydrogen-bond donors (Lipinski definition) is 1. The molecule has 0 bridgehead atoms. The number of allylic oxidation sites excluding steroid dienone is 2. The smallest absolute Gasteiger partial charge is 0.216 e. The first-order valence-electron chi connectivity index (χ1n) is 4.29. The van der Waals surface area contributed by atoms with Crippen LogP contribution in [0.1, 0.15) is 20.8 Å². The lowest BCUT2D eigenvalue weighted by Crippen LogP contribution is -2.13. The third-order valence-corrected chi connectivity index (χ3v) is 2.16. The van der Waals surface area contributed by atoms with Gasteiger partial charge in [-0.1, -0.05) is 26.0 Å². The van der Waals surface area contributed by atoms with Gasteiger partial charge >= 0.3 is 0 Å². The molecule has 0 N–H and O–H groups in total. The molecule has 1 nitrogen and oxygen atoms in total.